The molecule has 1 saturated carbocycles. The zero-order valence-electron chi connectivity index (χ0n) is 10.3. The van der Waals surface area contributed by atoms with Crippen LogP contribution in [0.3, 0.4) is 0 Å². The molecule has 0 radical (unpaired) electrons. The molecule has 16 heavy (non-hydrogen) atoms. The molecular formula is C13H22N2O. The van der Waals surface area contributed by atoms with Gasteiger partial charge in [0.15, 0.2) is 0 Å². The summed E-state index contributed by atoms with van der Waals surface area (Å²) in [5, 5.41) is 3.34. The lowest BCUT2D eigenvalue weighted by Gasteiger charge is -2.34. The van der Waals surface area contributed by atoms with Crippen LogP contribution < -0.4 is 5.32 Å². The fourth-order valence-corrected chi connectivity index (χ4v) is 2.11. The van der Waals surface area contributed by atoms with Crippen LogP contribution in [0.4, 0.5) is 0 Å². The maximum atomic E-state index is 5.57. The molecule has 0 spiro atoms. The van der Waals surface area contributed by atoms with Gasteiger partial charge < -0.3 is 9.73 Å². The molecule has 0 amide bonds. The van der Waals surface area contributed by atoms with Crippen LogP contribution in [-0.2, 0) is 13.1 Å². The molecule has 2 rings (SSSR count). The third-order valence-electron chi connectivity index (χ3n) is 3.49. The topological polar surface area (TPSA) is 28.4 Å². The molecule has 90 valence electrons. The summed E-state index contributed by atoms with van der Waals surface area (Å²) in [4.78, 5) is 2.41. The van der Waals surface area contributed by atoms with Crippen molar-refractivity contribution in [3.8, 4) is 0 Å². The summed E-state index contributed by atoms with van der Waals surface area (Å²) in [5.41, 5.74) is 1.30. The van der Waals surface area contributed by atoms with Gasteiger partial charge in [0.25, 0.3) is 0 Å². The summed E-state index contributed by atoms with van der Waals surface area (Å²) >= 11 is 0. The van der Waals surface area contributed by atoms with Gasteiger partial charge in [-0.1, -0.05) is 13.3 Å². The van der Waals surface area contributed by atoms with Crippen LogP contribution in [0.2, 0.25) is 0 Å². The van der Waals surface area contributed by atoms with Crippen molar-refractivity contribution in [2.45, 2.75) is 45.3 Å². The zero-order valence-corrected chi connectivity index (χ0v) is 10.3. The first-order chi connectivity index (χ1) is 7.81. The van der Waals surface area contributed by atoms with Crippen molar-refractivity contribution >= 4 is 0 Å². The van der Waals surface area contributed by atoms with E-state index in [2.05, 4.69) is 30.3 Å². The summed E-state index contributed by atoms with van der Waals surface area (Å²) in [7, 11) is 2.20. The van der Waals surface area contributed by atoms with E-state index in [0.717, 1.165) is 31.4 Å². The Hall–Kier alpha value is -0.800. The van der Waals surface area contributed by atoms with Gasteiger partial charge in [0.2, 0.25) is 0 Å². The number of rotatable bonds is 6. The van der Waals surface area contributed by atoms with Crippen LogP contribution in [-0.4, -0.2) is 24.5 Å². The first kappa shape index (κ1) is 11.7. The molecule has 0 unspecified atom stereocenters. The second-order valence-electron chi connectivity index (χ2n) is 4.65. The minimum atomic E-state index is 0.775. The zero-order chi connectivity index (χ0) is 11.4. The monoisotopic (exact) mass is 222 g/mol. The summed E-state index contributed by atoms with van der Waals surface area (Å²) in [6.45, 7) is 4.99. The average molecular weight is 222 g/mol. The number of nitrogens with one attached hydrogen (secondary N) is 1. The highest BCUT2D eigenvalue weighted by Crippen LogP contribution is 2.25. The smallest absolute Gasteiger partial charge is 0.122 e. The van der Waals surface area contributed by atoms with E-state index >= 15 is 0 Å². The molecule has 0 bridgehead atoms. The molecule has 1 aromatic rings. The van der Waals surface area contributed by atoms with E-state index in [1.54, 1.807) is 6.26 Å². The maximum absolute atomic E-state index is 5.57. The van der Waals surface area contributed by atoms with Crippen molar-refractivity contribution in [1.82, 2.24) is 10.2 Å². The van der Waals surface area contributed by atoms with Gasteiger partial charge in [-0.25, -0.2) is 0 Å². The molecule has 1 N–H and O–H groups in total. The first-order valence-corrected chi connectivity index (χ1v) is 6.27. The Balaban J connectivity index is 1.89. The van der Waals surface area contributed by atoms with Gasteiger partial charge >= 0.3 is 0 Å². The van der Waals surface area contributed by atoms with E-state index in [9.17, 15) is 0 Å². The highest BCUT2D eigenvalue weighted by atomic mass is 16.3. The van der Waals surface area contributed by atoms with Crippen molar-refractivity contribution in [2.24, 2.45) is 0 Å². The second kappa shape index (κ2) is 5.51. The Morgan fingerprint density at radius 1 is 1.50 bits per heavy atom. The summed E-state index contributed by atoms with van der Waals surface area (Å²) < 4.78 is 5.57. The Labute approximate surface area is 97.8 Å². The minimum absolute atomic E-state index is 0.775. The number of furan rings is 1. The number of hydrogen-bond acceptors (Lipinski definition) is 3. The lowest BCUT2D eigenvalue weighted by molar-refractivity contribution is 0.142. The van der Waals surface area contributed by atoms with Gasteiger partial charge in [-0.3, -0.25) is 4.90 Å². The highest BCUT2D eigenvalue weighted by molar-refractivity contribution is 5.16. The minimum Gasteiger partial charge on any atom is -0.468 e. The molecular weight excluding hydrogens is 200 g/mol. The summed E-state index contributed by atoms with van der Waals surface area (Å²) in [6.07, 6.45) is 5.88. The Kier molecular flexibility index (Phi) is 4.02. The van der Waals surface area contributed by atoms with Crippen LogP contribution in [0.5, 0.6) is 0 Å². The average Bonchev–Trinajstić information content (AvgIpc) is 2.59. The van der Waals surface area contributed by atoms with Gasteiger partial charge in [0.1, 0.15) is 5.76 Å². The maximum Gasteiger partial charge on any atom is 0.122 e. The molecule has 1 aliphatic carbocycles. The van der Waals surface area contributed by atoms with Crippen molar-refractivity contribution in [1.29, 1.82) is 0 Å². The van der Waals surface area contributed by atoms with E-state index in [1.807, 2.05) is 0 Å². The predicted octanol–water partition coefficient (Wildman–Crippen LogP) is 2.37. The van der Waals surface area contributed by atoms with E-state index in [1.165, 1.54) is 24.8 Å². The Morgan fingerprint density at radius 3 is 2.94 bits per heavy atom. The molecule has 1 fully saturated rings. The quantitative estimate of drug-likeness (QED) is 0.801. The van der Waals surface area contributed by atoms with Gasteiger partial charge in [-0.05, 0) is 32.5 Å². The molecule has 0 atom stereocenters. The molecule has 1 aromatic heterocycles. The van der Waals surface area contributed by atoms with E-state index < -0.39 is 0 Å². The normalized spacial score (nSPS) is 16.7. The van der Waals surface area contributed by atoms with E-state index in [0.29, 0.717) is 0 Å². The van der Waals surface area contributed by atoms with E-state index in [4.69, 9.17) is 4.42 Å². The summed E-state index contributed by atoms with van der Waals surface area (Å²) in [5.74, 6) is 1.12. The van der Waals surface area contributed by atoms with Gasteiger partial charge in [0.05, 0.1) is 12.8 Å². The van der Waals surface area contributed by atoms with Crippen molar-refractivity contribution in [2.75, 3.05) is 13.6 Å². The van der Waals surface area contributed by atoms with Gasteiger partial charge in [-0.2, -0.15) is 0 Å². The largest absolute Gasteiger partial charge is 0.468 e. The molecule has 0 saturated heterocycles. The lowest BCUT2D eigenvalue weighted by Crippen LogP contribution is -2.36. The molecule has 1 aliphatic rings. The number of hydrogen-bond donors (Lipinski definition) is 1. The van der Waals surface area contributed by atoms with Crippen molar-refractivity contribution in [3.63, 3.8) is 0 Å². The predicted molar refractivity (Wildman–Crippen MR) is 65.2 cm³/mol. The van der Waals surface area contributed by atoms with Crippen LogP contribution in [0.1, 0.15) is 37.5 Å². The van der Waals surface area contributed by atoms with Crippen LogP contribution in [0, 0.1) is 0 Å². The standard InChI is InChI=1S/C13H22N2O/c1-3-14-9-11-7-8-16-13(11)10-15(2)12-5-4-6-12/h7-8,12,14H,3-6,9-10H2,1-2H3. The molecule has 3 nitrogen and oxygen atoms in total. The Bertz CT molecular complexity index is 317. The molecule has 3 heteroatoms. The molecule has 0 aliphatic heterocycles. The van der Waals surface area contributed by atoms with Crippen LogP contribution >= 0.6 is 0 Å². The molecule has 1 heterocycles. The first-order valence-electron chi connectivity index (χ1n) is 6.27. The lowest BCUT2D eigenvalue weighted by atomic mass is 9.92. The van der Waals surface area contributed by atoms with Gasteiger partial charge in [-0.15, -0.1) is 0 Å². The second-order valence-corrected chi connectivity index (χ2v) is 4.65. The van der Waals surface area contributed by atoms with Crippen LogP contribution in [0.15, 0.2) is 16.7 Å². The van der Waals surface area contributed by atoms with Crippen molar-refractivity contribution < 1.29 is 4.42 Å². The highest BCUT2D eigenvalue weighted by Gasteiger charge is 2.23. The van der Waals surface area contributed by atoms with E-state index in [-0.39, 0.29) is 0 Å². The van der Waals surface area contributed by atoms with Crippen molar-refractivity contribution in [3.05, 3.63) is 23.7 Å². The third-order valence-corrected chi connectivity index (χ3v) is 3.49. The van der Waals surface area contributed by atoms with Gasteiger partial charge in [0, 0.05) is 18.2 Å². The Morgan fingerprint density at radius 2 is 2.31 bits per heavy atom. The SMILES string of the molecule is CCNCc1ccoc1CN(C)C1CCC1. The fraction of sp³-hybridized carbons (Fsp3) is 0.692. The van der Waals surface area contributed by atoms with Crippen LogP contribution in [0.25, 0.3) is 0 Å². The third kappa shape index (κ3) is 2.66. The summed E-state index contributed by atoms with van der Waals surface area (Å²) in [6, 6.07) is 2.85. The molecule has 0 aromatic carbocycles. The number of nitrogens with zero attached hydrogens (tertiary/aromatic N) is 1. The fourth-order valence-electron chi connectivity index (χ4n) is 2.11.